The number of hydrogen-bond acceptors (Lipinski definition) is 4. The minimum absolute atomic E-state index is 0.0949. The first-order valence-corrected chi connectivity index (χ1v) is 10.3. The van der Waals surface area contributed by atoms with Gasteiger partial charge in [0.1, 0.15) is 5.60 Å². The fourth-order valence-electron chi connectivity index (χ4n) is 3.02. The lowest BCUT2D eigenvalue weighted by Gasteiger charge is -2.25. The minimum Gasteiger partial charge on any atom is -0.460 e. The molecule has 26 heavy (non-hydrogen) atoms. The quantitative estimate of drug-likeness (QED) is 0.365. The fraction of sp³-hybridized carbons (Fsp3) is 0.905. The van der Waals surface area contributed by atoms with E-state index in [9.17, 15) is 9.59 Å². The van der Waals surface area contributed by atoms with E-state index in [2.05, 4.69) is 6.92 Å². The van der Waals surface area contributed by atoms with Crippen LogP contribution in [0.4, 0.5) is 0 Å². The van der Waals surface area contributed by atoms with Gasteiger partial charge in [-0.15, -0.1) is 0 Å². The van der Waals surface area contributed by atoms with E-state index in [1.54, 1.807) is 6.92 Å². The monoisotopic (exact) mass is 371 g/mol. The molecule has 0 aliphatic rings. The minimum atomic E-state index is -0.468. The van der Waals surface area contributed by atoms with Crippen LogP contribution in [0, 0.1) is 5.92 Å². The highest BCUT2D eigenvalue weighted by molar-refractivity contribution is 5.73. The van der Waals surface area contributed by atoms with Crippen LogP contribution in [0.25, 0.3) is 0 Å². The highest BCUT2D eigenvalue weighted by Gasteiger charge is 2.24. The largest absolute Gasteiger partial charge is 0.460 e. The van der Waals surface area contributed by atoms with Crippen molar-refractivity contribution in [3.05, 3.63) is 0 Å². The van der Waals surface area contributed by atoms with Crippen LogP contribution in [0.15, 0.2) is 0 Å². The number of carbonyl (C=O) groups is 2. The van der Waals surface area contributed by atoms with E-state index in [1.165, 1.54) is 0 Å². The van der Waals surface area contributed by atoms with Gasteiger partial charge in [-0.25, -0.2) is 0 Å². The van der Waals surface area contributed by atoms with E-state index in [0.717, 1.165) is 64.3 Å². The van der Waals surface area contributed by atoms with Crippen molar-refractivity contribution in [2.75, 3.05) is 19.7 Å². The zero-order valence-corrected chi connectivity index (χ0v) is 17.7. The predicted octanol–water partition coefficient (Wildman–Crippen LogP) is 4.32. The first kappa shape index (κ1) is 24.9. The van der Waals surface area contributed by atoms with E-state index in [1.807, 2.05) is 25.7 Å². The summed E-state index contributed by atoms with van der Waals surface area (Å²) in [6.45, 7) is 11.1. The van der Waals surface area contributed by atoms with Gasteiger partial charge in [0.05, 0.1) is 5.92 Å². The second kappa shape index (κ2) is 14.0. The Kier molecular flexibility index (Phi) is 13.4. The van der Waals surface area contributed by atoms with Crippen molar-refractivity contribution in [2.45, 2.75) is 98.0 Å². The number of aliphatic hydroxyl groups is 1. The smallest absolute Gasteiger partial charge is 0.309 e. The van der Waals surface area contributed by atoms with Gasteiger partial charge in [-0.05, 0) is 52.9 Å². The van der Waals surface area contributed by atoms with Gasteiger partial charge in [0.25, 0.3) is 0 Å². The molecule has 0 aliphatic heterocycles. The molecule has 1 atom stereocenters. The predicted molar refractivity (Wildman–Crippen MR) is 106 cm³/mol. The molecule has 5 heteroatoms. The molecule has 0 radical (unpaired) electrons. The number of unbranched alkanes of at least 4 members (excludes halogenated alkanes) is 4. The third-order valence-corrected chi connectivity index (χ3v) is 4.37. The summed E-state index contributed by atoms with van der Waals surface area (Å²) in [5.41, 5.74) is -0.468. The molecule has 0 aromatic rings. The molecule has 1 N–H and O–H groups in total. The number of amides is 1. The average Bonchev–Trinajstić information content (AvgIpc) is 2.53. The second-order valence-corrected chi connectivity index (χ2v) is 8.16. The maximum atomic E-state index is 12.5. The van der Waals surface area contributed by atoms with Crippen LogP contribution in [-0.2, 0) is 14.3 Å². The van der Waals surface area contributed by atoms with Crippen LogP contribution >= 0.6 is 0 Å². The number of esters is 1. The fourth-order valence-corrected chi connectivity index (χ4v) is 3.02. The molecule has 0 fully saturated rings. The van der Waals surface area contributed by atoms with Gasteiger partial charge < -0.3 is 14.7 Å². The Morgan fingerprint density at radius 3 is 2.08 bits per heavy atom. The van der Waals surface area contributed by atoms with Crippen LogP contribution in [0.5, 0.6) is 0 Å². The summed E-state index contributed by atoms with van der Waals surface area (Å²) in [5.74, 6) is -0.107. The summed E-state index contributed by atoms with van der Waals surface area (Å²) in [6.07, 6.45) is 8.44. The summed E-state index contributed by atoms with van der Waals surface area (Å²) >= 11 is 0. The third-order valence-electron chi connectivity index (χ3n) is 4.37. The van der Waals surface area contributed by atoms with Crippen molar-refractivity contribution >= 4 is 11.9 Å². The Bertz CT molecular complexity index is 390. The van der Waals surface area contributed by atoms with Crippen molar-refractivity contribution < 1.29 is 19.4 Å². The van der Waals surface area contributed by atoms with Crippen molar-refractivity contribution in [3.8, 4) is 0 Å². The lowest BCUT2D eigenvalue weighted by atomic mass is 9.95. The SMILES string of the molecule is CCCN(CCCC(CCCCCCCO)C(=O)OC(C)(C)C)C(C)=O. The summed E-state index contributed by atoms with van der Waals surface area (Å²) in [7, 11) is 0. The summed E-state index contributed by atoms with van der Waals surface area (Å²) < 4.78 is 5.60. The number of aliphatic hydroxyl groups excluding tert-OH is 1. The molecule has 0 rings (SSSR count). The van der Waals surface area contributed by atoms with Crippen LogP contribution in [0.2, 0.25) is 0 Å². The molecule has 0 aromatic heterocycles. The Hall–Kier alpha value is -1.10. The molecule has 1 unspecified atom stereocenters. The topological polar surface area (TPSA) is 66.8 Å². The Morgan fingerprint density at radius 1 is 0.962 bits per heavy atom. The molecule has 154 valence electrons. The number of ether oxygens (including phenoxy) is 1. The second-order valence-electron chi connectivity index (χ2n) is 8.16. The first-order valence-electron chi connectivity index (χ1n) is 10.3. The molecule has 1 amide bonds. The highest BCUT2D eigenvalue weighted by atomic mass is 16.6. The number of nitrogens with zero attached hydrogens (tertiary/aromatic N) is 1. The molecule has 0 aromatic carbocycles. The Balaban J connectivity index is 4.47. The van der Waals surface area contributed by atoms with Gasteiger partial charge >= 0.3 is 5.97 Å². The standard InChI is InChI=1S/C21H41NO4/c1-6-15-22(18(2)24)16-12-14-19(20(25)26-21(3,4)5)13-10-8-7-9-11-17-23/h19,23H,6-17H2,1-5H3. The highest BCUT2D eigenvalue weighted by Crippen LogP contribution is 2.21. The molecule has 0 spiro atoms. The van der Waals surface area contributed by atoms with Gasteiger partial charge in [0, 0.05) is 26.6 Å². The van der Waals surface area contributed by atoms with E-state index < -0.39 is 5.60 Å². The average molecular weight is 372 g/mol. The summed E-state index contributed by atoms with van der Waals surface area (Å²) in [4.78, 5) is 26.0. The number of hydrogen-bond donors (Lipinski definition) is 1. The zero-order chi connectivity index (χ0) is 20.0. The number of carbonyl (C=O) groups excluding carboxylic acids is 2. The van der Waals surface area contributed by atoms with Gasteiger partial charge in [-0.2, -0.15) is 0 Å². The maximum Gasteiger partial charge on any atom is 0.309 e. The van der Waals surface area contributed by atoms with E-state index in [0.29, 0.717) is 6.54 Å². The molecule has 0 saturated carbocycles. The molecule has 0 aliphatic carbocycles. The third kappa shape index (κ3) is 13.2. The van der Waals surface area contributed by atoms with E-state index in [4.69, 9.17) is 9.84 Å². The van der Waals surface area contributed by atoms with Crippen LogP contribution in [0.1, 0.15) is 92.4 Å². The summed E-state index contributed by atoms with van der Waals surface area (Å²) in [6, 6.07) is 0. The van der Waals surface area contributed by atoms with Gasteiger partial charge in [0.2, 0.25) is 5.91 Å². The number of rotatable bonds is 14. The van der Waals surface area contributed by atoms with Gasteiger partial charge in [-0.1, -0.05) is 32.6 Å². The van der Waals surface area contributed by atoms with E-state index in [-0.39, 0.29) is 24.4 Å². The lowest BCUT2D eigenvalue weighted by Crippen LogP contribution is -2.32. The molecular formula is C21H41NO4. The Morgan fingerprint density at radius 2 is 1.54 bits per heavy atom. The van der Waals surface area contributed by atoms with Crippen LogP contribution in [0.3, 0.4) is 0 Å². The van der Waals surface area contributed by atoms with Gasteiger partial charge in [0.15, 0.2) is 0 Å². The molecular weight excluding hydrogens is 330 g/mol. The van der Waals surface area contributed by atoms with E-state index >= 15 is 0 Å². The molecule has 0 bridgehead atoms. The molecule has 5 nitrogen and oxygen atoms in total. The summed E-state index contributed by atoms with van der Waals surface area (Å²) in [5, 5.41) is 8.82. The first-order chi connectivity index (χ1) is 12.2. The Labute approximate surface area is 160 Å². The van der Waals surface area contributed by atoms with Crippen molar-refractivity contribution in [2.24, 2.45) is 5.92 Å². The molecule has 0 heterocycles. The lowest BCUT2D eigenvalue weighted by molar-refractivity contribution is -0.160. The maximum absolute atomic E-state index is 12.5. The van der Waals surface area contributed by atoms with Crippen LogP contribution < -0.4 is 0 Å². The van der Waals surface area contributed by atoms with Crippen molar-refractivity contribution in [1.29, 1.82) is 0 Å². The van der Waals surface area contributed by atoms with Crippen LogP contribution in [-0.4, -0.2) is 47.2 Å². The van der Waals surface area contributed by atoms with Gasteiger partial charge in [-0.3, -0.25) is 9.59 Å². The molecule has 0 saturated heterocycles. The normalized spacial score (nSPS) is 12.7. The van der Waals surface area contributed by atoms with Crippen molar-refractivity contribution in [3.63, 3.8) is 0 Å². The zero-order valence-electron chi connectivity index (χ0n) is 17.7. The van der Waals surface area contributed by atoms with Crippen molar-refractivity contribution in [1.82, 2.24) is 4.90 Å².